The topological polar surface area (TPSA) is 45.3 Å². The number of carbonyl (C=O) groups excluding carboxylic acids is 1. The van der Waals surface area contributed by atoms with Crippen molar-refractivity contribution in [3.63, 3.8) is 0 Å². The van der Waals surface area contributed by atoms with Crippen LogP contribution < -0.4 is 4.74 Å². The van der Waals surface area contributed by atoms with E-state index in [1.165, 1.54) is 11.1 Å². The molecule has 1 N–H and O–H groups in total. The van der Waals surface area contributed by atoms with Gasteiger partial charge in [-0.1, -0.05) is 12.1 Å². The van der Waals surface area contributed by atoms with Crippen LogP contribution in [0.15, 0.2) is 36.4 Å². The quantitative estimate of drug-likeness (QED) is 0.692. The Balaban J connectivity index is 1.42. The average molecular weight is 377 g/mol. The molecule has 1 fully saturated rings. The number of benzene rings is 2. The first-order chi connectivity index (χ1) is 13.4. The molecule has 0 aliphatic carbocycles. The van der Waals surface area contributed by atoms with Crippen molar-refractivity contribution in [1.29, 1.82) is 0 Å². The van der Waals surface area contributed by atoms with Gasteiger partial charge in [0.25, 0.3) is 5.91 Å². The Morgan fingerprint density at radius 3 is 2.54 bits per heavy atom. The molecule has 4 rings (SSSR count). The fraction of sp³-hybridized carbons (Fsp3) is 0.375. The molecule has 0 atom stereocenters. The van der Waals surface area contributed by atoms with Crippen LogP contribution in [-0.4, -0.2) is 35.0 Å². The summed E-state index contributed by atoms with van der Waals surface area (Å²) in [7, 11) is 0. The maximum atomic E-state index is 13.0. The van der Waals surface area contributed by atoms with Gasteiger partial charge in [-0.2, -0.15) is 0 Å². The maximum absolute atomic E-state index is 13.0. The summed E-state index contributed by atoms with van der Waals surface area (Å²) in [6, 6.07) is 12.3. The summed E-state index contributed by atoms with van der Waals surface area (Å²) in [6.07, 6.45) is 1.90. The highest BCUT2D eigenvalue weighted by Crippen LogP contribution is 2.26. The number of likely N-dealkylation sites (tertiary alicyclic amines) is 1. The first-order valence-electron chi connectivity index (χ1n) is 10.0. The molecule has 1 aliphatic heterocycles. The van der Waals surface area contributed by atoms with Crippen LogP contribution >= 0.6 is 0 Å². The van der Waals surface area contributed by atoms with E-state index >= 15 is 0 Å². The normalized spacial score (nSPS) is 15.2. The molecular weight excluding hydrogens is 348 g/mol. The second kappa shape index (κ2) is 7.34. The summed E-state index contributed by atoms with van der Waals surface area (Å²) in [5.41, 5.74) is 6.60. The number of piperidine rings is 1. The third-order valence-corrected chi connectivity index (χ3v) is 5.92. The van der Waals surface area contributed by atoms with E-state index in [4.69, 9.17) is 4.74 Å². The summed E-state index contributed by atoms with van der Waals surface area (Å²) >= 11 is 0. The molecule has 4 nitrogen and oxygen atoms in total. The highest BCUT2D eigenvalue weighted by atomic mass is 16.5. The molecule has 1 amide bonds. The molecule has 146 valence electrons. The number of aromatic amines is 1. The van der Waals surface area contributed by atoms with E-state index in [0.29, 0.717) is 0 Å². The smallest absolute Gasteiger partial charge is 0.253 e. The van der Waals surface area contributed by atoms with E-state index in [-0.39, 0.29) is 12.0 Å². The predicted molar refractivity (Wildman–Crippen MR) is 113 cm³/mol. The first-order valence-corrected chi connectivity index (χ1v) is 10.0. The molecule has 0 unspecified atom stereocenters. The molecule has 1 saturated heterocycles. The van der Waals surface area contributed by atoms with Crippen LogP contribution in [0.25, 0.3) is 10.9 Å². The van der Waals surface area contributed by atoms with Crippen LogP contribution in [0.2, 0.25) is 0 Å². The van der Waals surface area contributed by atoms with E-state index in [0.717, 1.165) is 59.4 Å². The second-order valence-electron chi connectivity index (χ2n) is 8.01. The Hall–Kier alpha value is -2.75. The molecule has 2 heterocycles. The molecule has 0 spiro atoms. The van der Waals surface area contributed by atoms with Gasteiger partial charge in [-0.15, -0.1) is 0 Å². The molecule has 1 aliphatic rings. The number of H-pyrrole nitrogens is 1. The zero-order valence-electron chi connectivity index (χ0n) is 17.1. The van der Waals surface area contributed by atoms with Gasteiger partial charge in [-0.05, 0) is 68.7 Å². The zero-order chi connectivity index (χ0) is 19.8. The van der Waals surface area contributed by atoms with Crippen molar-refractivity contribution >= 4 is 16.8 Å². The standard InChI is InChI=1S/C24H28N2O2/c1-15-5-6-16(2)23(13-15)28-20-9-11-26(12-10-20)24(27)19-7-8-22-21(14-19)17(3)18(4)25-22/h5-8,13-14,20,25H,9-12H2,1-4H3. The minimum Gasteiger partial charge on any atom is -0.490 e. The van der Waals surface area contributed by atoms with Crippen molar-refractivity contribution in [3.05, 3.63) is 64.3 Å². The first kappa shape index (κ1) is 18.6. The third-order valence-electron chi connectivity index (χ3n) is 5.92. The maximum Gasteiger partial charge on any atom is 0.253 e. The number of hydrogen-bond acceptors (Lipinski definition) is 2. The van der Waals surface area contributed by atoms with E-state index in [1.807, 2.05) is 23.1 Å². The van der Waals surface area contributed by atoms with Gasteiger partial charge in [0.2, 0.25) is 0 Å². The zero-order valence-corrected chi connectivity index (χ0v) is 17.1. The van der Waals surface area contributed by atoms with Crippen LogP contribution in [0.4, 0.5) is 0 Å². The number of nitrogens with one attached hydrogen (secondary N) is 1. The Morgan fingerprint density at radius 1 is 1.04 bits per heavy atom. The molecule has 0 radical (unpaired) electrons. The minimum atomic E-state index is 0.116. The van der Waals surface area contributed by atoms with Crippen molar-refractivity contribution in [1.82, 2.24) is 9.88 Å². The number of aromatic nitrogens is 1. The fourth-order valence-electron chi connectivity index (χ4n) is 3.97. The van der Waals surface area contributed by atoms with Crippen LogP contribution in [0.3, 0.4) is 0 Å². The lowest BCUT2D eigenvalue weighted by Gasteiger charge is -2.32. The molecule has 1 aromatic heterocycles. The molecule has 28 heavy (non-hydrogen) atoms. The van der Waals surface area contributed by atoms with Crippen LogP contribution in [0.5, 0.6) is 5.75 Å². The number of aryl methyl sites for hydroxylation is 4. The van der Waals surface area contributed by atoms with Crippen LogP contribution in [0, 0.1) is 27.7 Å². The lowest BCUT2D eigenvalue weighted by molar-refractivity contribution is 0.0594. The molecule has 2 aromatic carbocycles. The number of fused-ring (bicyclic) bond motifs is 1. The Morgan fingerprint density at radius 2 is 1.79 bits per heavy atom. The van der Waals surface area contributed by atoms with Gasteiger partial charge in [0.05, 0.1) is 0 Å². The van der Waals surface area contributed by atoms with Crippen LogP contribution in [-0.2, 0) is 0 Å². The van der Waals surface area contributed by atoms with Gasteiger partial charge in [0.15, 0.2) is 0 Å². The highest BCUT2D eigenvalue weighted by molar-refractivity contribution is 5.99. The molecular formula is C24H28N2O2. The molecule has 4 heteroatoms. The second-order valence-corrected chi connectivity index (χ2v) is 8.01. The highest BCUT2D eigenvalue weighted by Gasteiger charge is 2.25. The van der Waals surface area contributed by atoms with Gasteiger partial charge in [-0.3, -0.25) is 4.79 Å². The molecule has 0 saturated carbocycles. The van der Waals surface area contributed by atoms with Gasteiger partial charge < -0.3 is 14.6 Å². The van der Waals surface area contributed by atoms with Crippen molar-refractivity contribution < 1.29 is 9.53 Å². The number of carbonyl (C=O) groups is 1. The van der Waals surface area contributed by atoms with Crippen molar-refractivity contribution in [2.24, 2.45) is 0 Å². The third kappa shape index (κ3) is 3.51. The minimum absolute atomic E-state index is 0.116. The average Bonchev–Trinajstić information content (AvgIpc) is 2.98. The Kier molecular flexibility index (Phi) is 4.88. The van der Waals surface area contributed by atoms with E-state index in [9.17, 15) is 4.79 Å². The van der Waals surface area contributed by atoms with E-state index in [2.05, 4.69) is 50.9 Å². The molecule has 3 aromatic rings. The van der Waals surface area contributed by atoms with Crippen LogP contribution in [0.1, 0.15) is 45.6 Å². The fourth-order valence-corrected chi connectivity index (χ4v) is 3.97. The molecule has 0 bridgehead atoms. The number of rotatable bonds is 3. The Labute approximate surface area is 166 Å². The van der Waals surface area contributed by atoms with Gasteiger partial charge >= 0.3 is 0 Å². The van der Waals surface area contributed by atoms with E-state index in [1.54, 1.807) is 0 Å². The van der Waals surface area contributed by atoms with Crippen molar-refractivity contribution in [3.8, 4) is 5.75 Å². The summed E-state index contributed by atoms with van der Waals surface area (Å²) in [6.45, 7) is 9.79. The number of ether oxygens (including phenoxy) is 1. The van der Waals surface area contributed by atoms with E-state index < -0.39 is 0 Å². The predicted octanol–water partition coefficient (Wildman–Crippen LogP) is 5.09. The SMILES string of the molecule is Cc1ccc(C)c(OC2CCN(C(=O)c3ccc4[nH]c(C)c(C)c4c3)CC2)c1. The number of nitrogens with zero attached hydrogens (tertiary/aromatic N) is 1. The summed E-state index contributed by atoms with van der Waals surface area (Å²) in [4.78, 5) is 18.3. The van der Waals surface area contributed by atoms with Gasteiger partial charge in [0.1, 0.15) is 11.9 Å². The summed E-state index contributed by atoms with van der Waals surface area (Å²) < 4.78 is 6.23. The summed E-state index contributed by atoms with van der Waals surface area (Å²) in [5.74, 6) is 1.08. The monoisotopic (exact) mass is 376 g/mol. The lowest BCUT2D eigenvalue weighted by Crippen LogP contribution is -2.41. The largest absolute Gasteiger partial charge is 0.490 e. The lowest BCUT2D eigenvalue weighted by atomic mass is 10.0. The Bertz CT molecular complexity index is 1030. The van der Waals surface area contributed by atoms with Crippen molar-refractivity contribution in [2.75, 3.05) is 13.1 Å². The number of hydrogen-bond donors (Lipinski definition) is 1. The summed E-state index contributed by atoms with van der Waals surface area (Å²) in [5, 5.41) is 1.14. The van der Waals surface area contributed by atoms with Gasteiger partial charge in [-0.25, -0.2) is 0 Å². The van der Waals surface area contributed by atoms with Gasteiger partial charge in [0, 0.05) is 48.1 Å². The van der Waals surface area contributed by atoms with Crippen molar-refractivity contribution in [2.45, 2.75) is 46.6 Å². The number of amides is 1.